The van der Waals surface area contributed by atoms with Gasteiger partial charge in [0.1, 0.15) is 12.3 Å². The van der Waals surface area contributed by atoms with Crippen molar-refractivity contribution in [2.24, 2.45) is 0 Å². The average molecular weight is 340 g/mol. The molecule has 0 heterocycles. The predicted octanol–water partition coefficient (Wildman–Crippen LogP) is 3.45. The van der Waals surface area contributed by atoms with E-state index in [1.807, 2.05) is 5.32 Å². The summed E-state index contributed by atoms with van der Waals surface area (Å²) in [6.45, 7) is 2.45. The lowest BCUT2D eigenvalue weighted by Crippen LogP contribution is -2.34. The molecular weight excluding hydrogens is 327 g/mol. The third kappa shape index (κ3) is 4.41. The van der Waals surface area contributed by atoms with Crippen LogP contribution in [0.5, 0.6) is 5.75 Å². The van der Waals surface area contributed by atoms with Crippen molar-refractivity contribution >= 4 is 21.8 Å². The number of hydrogen-bond acceptors (Lipinski definition) is 2. The zero-order valence-corrected chi connectivity index (χ0v) is 12.0. The van der Waals surface area contributed by atoms with E-state index < -0.39 is 18.6 Å². The van der Waals surface area contributed by atoms with Gasteiger partial charge >= 0.3 is 6.18 Å². The van der Waals surface area contributed by atoms with E-state index in [9.17, 15) is 18.0 Å². The van der Waals surface area contributed by atoms with Crippen molar-refractivity contribution in [2.75, 3.05) is 13.2 Å². The number of benzene rings is 1. The van der Waals surface area contributed by atoms with E-state index in [-0.39, 0.29) is 5.56 Å². The Morgan fingerprint density at radius 3 is 2.58 bits per heavy atom. The molecule has 1 aromatic rings. The zero-order chi connectivity index (χ0) is 14.6. The van der Waals surface area contributed by atoms with E-state index in [0.29, 0.717) is 22.4 Å². The molecule has 0 aliphatic carbocycles. The monoisotopic (exact) mass is 339 g/mol. The molecule has 0 aliphatic rings. The van der Waals surface area contributed by atoms with Gasteiger partial charge in [-0.2, -0.15) is 13.2 Å². The van der Waals surface area contributed by atoms with Gasteiger partial charge in [-0.15, -0.1) is 0 Å². The Morgan fingerprint density at radius 1 is 1.42 bits per heavy atom. The predicted molar refractivity (Wildman–Crippen MR) is 68.4 cm³/mol. The summed E-state index contributed by atoms with van der Waals surface area (Å²) in [5, 5.41) is 1.84. The minimum Gasteiger partial charge on any atom is -0.494 e. The second-order valence-corrected chi connectivity index (χ2v) is 4.63. The first-order valence-corrected chi connectivity index (χ1v) is 6.32. The molecule has 0 spiro atoms. The van der Waals surface area contributed by atoms with Crippen LogP contribution in [0.2, 0.25) is 0 Å². The van der Waals surface area contributed by atoms with Gasteiger partial charge in [-0.25, -0.2) is 0 Å². The molecule has 0 aliphatic heterocycles. The number of ether oxygens (including phenoxy) is 1. The van der Waals surface area contributed by atoms with Gasteiger partial charge in [0.25, 0.3) is 5.91 Å². The lowest BCUT2D eigenvalue weighted by atomic mass is 10.1. The molecule has 1 aromatic carbocycles. The van der Waals surface area contributed by atoms with Gasteiger partial charge in [-0.05, 0) is 41.9 Å². The Balaban J connectivity index is 2.98. The van der Waals surface area contributed by atoms with Crippen molar-refractivity contribution in [1.29, 1.82) is 0 Å². The fourth-order valence-electron chi connectivity index (χ4n) is 1.52. The minimum atomic E-state index is -4.44. The zero-order valence-electron chi connectivity index (χ0n) is 10.4. The van der Waals surface area contributed by atoms with Crippen LogP contribution in [0, 0.1) is 6.92 Å². The van der Waals surface area contributed by atoms with Crippen molar-refractivity contribution < 1.29 is 22.7 Å². The molecule has 0 fully saturated rings. The van der Waals surface area contributed by atoms with E-state index in [1.165, 1.54) is 0 Å². The molecule has 1 N–H and O–H groups in total. The van der Waals surface area contributed by atoms with E-state index in [4.69, 9.17) is 4.74 Å². The van der Waals surface area contributed by atoms with Crippen LogP contribution in [0.3, 0.4) is 0 Å². The third-order valence-corrected chi connectivity index (χ3v) is 3.00. The number of amides is 1. The number of carbonyl (C=O) groups is 1. The van der Waals surface area contributed by atoms with Crippen LogP contribution in [0.4, 0.5) is 13.2 Å². The molecule has 0 saturated carbocycles. The first kappa shape index (κ1) is 15.8. The van der Waals surface area contributed by atoms with Crippen LogP contribution in [0.15, 0.2) is 16.6 Å². The summed E-state index contributed by atoms with van der Waals surface area (Å²) in [7, 11) is 0. The summed E-state index contributed by atoms with van der Waals surface area (Å²) in [5.41, 5.74) is 0.645. The average Bonchev–Trinajstić information content (AvgIpc) is 2.30. The quantitative estimate of drug-likeness (QED) is 0.912. The molecule has 0 atom stereocenters. The third-order valence-electron chi connectivity index (χ3n) is 2.34. The maximum Gasteiger partial charge on any atom is 0.405 e. The van der Waals surface area contributed by atoms with E-state index >= 15 is 0 Å². The van der Waals surface area contributed by atoms with E-state index in [1.54, 1.807) is 26.0 Å². The summed E-state index contributed by atoms with van der Waals surface area (Å²) in [6, 6.07) is 3.23. The number of carbonyl (C=O) groups excluding carboxylic acids is 1. The lowest BCUT2D eigenvalue weighted by Gasteiger charge is -2.14. The second kappa shape index (κ2) is 6.27. The van der Waals surface area contributed by atoms with Gasteiger partial charge in [0.2, 0.25) is 0 Å². The number of halogens is 4. The molecule has 0 saturated heterocycles. The molecule has 0 radical (unpaired) electrons. The van der Waals surface area contributed by atoms with Crippen molar-refractivity contribution in [1.82, 2.24) is 5.32 Å². The first-order chi connectivity index (χ1) is 8.76. The highest BCUT2D eigenvalue weighted by Crippen LogP contribution is 2.28. The largest absolute Gasteiger partial charge is 0.494 e. The Kier molecular flexibility index (Phi) is 5.22. The lowest BCUT2D eigenvalue weighted by molar-refractivity contribution is -0.123. The van der Waals surface area contributed by atoms with Crippen LogP contribution in [-0.2, 0) is 0 Å². The smallest absolute Gasteiger partial charge is 0.405 e. The Hall–Kier alpha value is -1.24. The van der Waals surface area contributed by atoms with Gasteiger partial charge < -0.3 is 10.1 Å². The summed E-state index contributed by atoms with van der Waals surface area (Å²) in [4.78, 5) is 11.8. The molecule has 0 aromatic heterocycles. The fourth-order valence-corrected chi connectivity index (χ4v) is 2.13. The Labute approximate surface area is 117 Å². The molecule has 19 heavy (non-hydrogen) atoms. The van der Waals surface area contributed by atoms with Gasteiger partial charge in [0, 0.05) is 10.0 Å². The fraction of sp³-hybridized carbons (Fsp3) is 0.417. The maximum atomic E-state index is 12.1. The molecule has 0 bridgehead atoms. The molecule has 1 amide bonds. The summed E-state index contributed by atoms with van der Waals surface area (Å²) in [6.07, 6.45) is -4.44. The molecule has 3 nitrogen and oxygen atoms in total. The second-order valence-electron chi connectivity index (χ2n) is 3.78. The normalized spacial score (nSPS) is 11.3. The summed E-state index contributed by atoms with van der Waals surface area (Å²) < 4.78 is 42.0. The molecular formula is C12H13BrF3NO2. The van der Waals surface area contributed by atoms with E-state index in [0.717, 1.165) is 0 Å². The standard InChI is InChI=1S/C12H13BrF3NO2/c1-3-19-9-5-4-8(13)10(7(9)2)11(18)17-6-12(14,15)16/h4-5H,3,6H2,1-2H3,(H,17,18). The number of nitrogens with one attached hydrogen (secondary N) is 1. The highest BCUT2D eigenvalue weighted by Gasteiger charge is 2.28. The SMILES string of the molecule is CCOc1ccc(Br)c(C(=O)NCC(F)(F)F)c1C. The topological polar surface area (TPSA) is 38.3 Å². The van der Waals surface area contributed by atoms with Gasteiger partial charge in [-0.3, -0.25) is 4.79 Å². The van der Waals surface area contributed by atoms with Gasteiger partial charge in [-0.1, -0.05) is 0 Å². The number of rotatable bonds is 4. The van der Waals surface area contributed by atoms with Crippen molar-refractivity contribution in [2.45, 2.75) is 20.0 Å². The van der Waals surface area contributed by atoms with Crippen LogP contribution < -0.4 is 10.1 Å². The Morgan fingerprint density at radius 2 is 2.05 bits per heavy atom. The molecule has 7 heteroatoms. The first-order valence-electron chi connectivity index (χ1n) is 5.53. The maximum absolute atomic E-state index is 12.1. The van der Waals surface area contributed by atoms with Crippen molar-refractivity contribution in [3.8, 4) is 5.75 Å². The van der Waals surface area contributed by atoms with Gasteiger partial charge in [0.05, 0.1) is 12.2 Å². The van der Waals surface area contributed by atoms with Gasteiger partial charge in [0.15, 0.2) is 0 Å². The van der Waals surface area contributed by atoms with Crippen LogP contribution >= 0.6 is 15.9 Å². The van der Waals surface area contributed by atoms with Crippen LogP contribution in [0.25, 0.3) is 0 Å². The van der Waals surface area contributed by atoms with Crippen LogP contribution in [-0.4, -0.2) is 25.2 Å². The van der Waals surface area contributed by atoms with Crippen molar-refractivity contribution in [3.05, 3.63) is 27.7 Å². The van der Waals surface area contributed by atoms with Crippen LogP contribution in [0.1, 0.15) is 22.8 Å². The molecule has 106 valence electrons. The molecule has 1 rings (SSSR count). The number of hydrogen-bond donors (Lipinski definition) is 1. The minimum absolute atomic E-state index is 0.148. The Bertz CT molecular complexity index is 475. The highest BCUT2D eigenvalue weighted by molar-refractivity contribution is 9.10. The molecule has 0 unspecified atom stereocenters. The number of alkyl halides is 3. The highest BCUT2D eigenvalue weighted by atomic mass is 79.9. The van der Waals surface area contributed by atoms with Crippen molar-refractivity contribution in [3.63, 3.8) is 0 Å². The van der Waals surface area contributed by atoms with E-state index in [2.05, 4.69) is 15.9 Å². The summed E-state index contributed by atoms with van der Waals surface area (Å²) in [5.74, 6) is -0.314. The summed E-state index contributed by atoms with van der Waals surface area (Å²) >= 11 is 3.16.